The first-order valence-corrected chi connectivity index (χ1v) is 6.95. The van der Waals surface area contributed by atoms with Crippen molar-refractivity contribution in [2.45, 2.75) is 38.6 Å². The van der Waals surface area contributed by atoms with Crippen LogP contribution in [0, 0.1) is 11.3 Å². The van der Waals surface area contributed by atoms with E-state index in [2.05, 4.69) is 4.72 Å². The lowest BCUT2D eigenvalue weighted by molar-refractivity contribution is 0.521. The van der Waals surface area contributed by atoms with Gasteiger partial charge in [0.05, 0.1) is 11.6 Å². The average Bonchev–Trinajstić information content (AvgIpc) is 2.50. The standard InChI is InChI=1S/C9H19N3O2S/c1-2-6-15(13,14)12-8-5-3-4-7(8)9(10)11/h7-8,12H,2-6H2,1H3,(H3,10,11). The molecule has 0 saturated heterocycles. The largest absolute Gasteiger partial charge is 0.387 e. The Bertz CT molecular complexity index is 326. The van der Waals surface area contributed by atoms with E-state index in [1.807, 2.05) is 6.92 Å². The number of nitrogens with one attached hydrogen (secondary N) is 2. The second-order valence-corrected chi connectivity index (χ2v) is 5.91. The number of hydrogen-bond donors (Lipinski definition) is 3. The van der Waals surface area contributed by atoms with Gasteiger partial charge in [-0.15, -0.1) is 0 Å². The van der Waals surface area contributed by atoms with Crippen molar-refractivity contribution in [1.82, 2.24) is 4.72 Å². The van der Waals surface area contributed by atoms with E-state index in [9.17, 15) is 8.42 Å². The SMILES string of the molecule is CCCS(=O)(=O)NC1CCCC1C(=N)N. The maximum atomic E-state index is 11.5. The van der Waals surface area contributed by atoms with E-state index in [4.69, 9.17) is 11.1 Å². The smallest absolute Gasteiger partial charge is 0.211 e. The first-order valence-electron chi connectivity index (χ1n) is 5.30. The van der Waals surface area contributed by atoms with Crippen molar-refractivity contribution in [3.05, 3.63) is 0 Å². The third-order valence-corrected chi connectivity index (χ3v) is 4.33. The Labute approximate surface area is 91.0 Å². The molecule has 0 radical (unpaired) electrons. The van der Waals surface area contributed by atoms with Crippen molar-refractivity contribution in [2.24, 2.45) is 11.7 Å². The molecule has 4 N–H and O–H groups in total. The zero-order valence-corrected chi connectivity index (χ0v) is 9.81. The van der Waals surface area contributed by atoms with Crippen LogP contribution in [0.1, 0.15) is 32.6 Å². The predicted octanol–water partition coefficient (Wildman–Crippen LogP) is 0.420. The lowest BCUT2D eigenvalue weighted by atomic mass is 10.0. The van der Waals surface area contributed by atoms with Crippen molar-refractivity contribution in [3.63, 3.8) is 0 Å². The fourth-order valence-electron chi connectivity index (χ4n) is 2.03. The summed E-state index contributed by atoms with van der Waals surface area (Å²) in [6, 6.07) is -0.168. The molecule has 0 aliphatic heterocycles. The molecular weight excluding hydrogens is 214 g/mol. The molecule has 2 unspecified atom stereocenters. The van der Waals surface area contributed by atoms with Gasteiger partial charge in [0, 0.05) is 12.0 Å². The Hall–Kier alpha value is -0.620. The van der Waals surface area contributed by atoms with Crippen molar-refractivity contribution in [3.8, 4) is 0 Å². The number of amidine groups is 1. The van der Waals surface area contributed by atoms with Gasteiger partial charge in [0.15, 0.2) is 0 Å². The fourth-order valence-corrected chi connectivity index (χ4v) is 3.43. The highest BCUT2D eigenvalue weighted by Gasteiger charge is 2.32. The molecule has 1 fully saturated rings. The van der Waals surface area contributed by atoms with Crippen LogP contribution in [0.25, 0.3) is 0 Å². The summed E-state index contributed by atoms with van der Waals surface area (Å²) in [6.45, 7) is 1.83. The average molecular weight is 233 g/mol. The summed E-state index contributed by atoms with van der Waals surface area (Å²) in [5.41, 5.74) is 5.43. The summed E-state index contributed by atoms with van der Waals surface area (Å²) >= 11 is 0. The Morgan fingerprint density at radius 3 is 2.73 bits per heavy atom. The number of sulfonamides is 1. The third kappa shape index (κ3) is 3.46. The molecule has 88 valence electrons. The molecule has 0 heterocycles. The lowest BCUT2D eigenvalue weighted by Gasteiger charge is -2.19. The van der Waals surface area contributed by atoms with Gasteiger partial charge in [-0.05, 0) is 19.3 Å². The predicted molar refractivity (Wildman–Crippen MR) is 60.3 cm³/mol. The summed E-state index contributed by atoms with van der Waals surface area (Å²) in [5, 5.41) is 7.37. The van der Waals surface area contributed by atoms with Gasteiger partial charge in [0.2, 0.25) is 10.0 Å². The van der Waals surface area contributed by atoms with Gasteiger partial charge in [0.25, 0.3) is 0 Å². The van der Waals surface area contributed by atoms with Crippen LogP contribution in [0.3, 0.4) is 0 Å². The maximum absolute atomic E-state index is 11.5. The molecule has 1 aliphatic rings. The van der Waals surface area contributed by atoms with Crippen LogP contribution in [0.5, 0.6) is 0 Å². The molecule has 15 heavy (non-hydrogen) atoms. The van der Waals surface area contributed by atoms with Gasteiger partial charge < -0.3 is 5.73 Å². The highest BCUT2D eigenvalue weighted by Crippen LogP contribution is 2.25. The highest BCUT2D eigenvalue weighted by atomic mass is 32.2. The van der Waals surface area contributed by atoms with E-state index < -0.39 is 10.0 Å². The van der Waals surface area contributed by atoms with Crippen LogP contribution >= 0.6 is 0 Å². The molecule has 2 atom stereocenters. The number of hydrogen-bond acceptors (Lipinski definition) is 3. The summed E-state index contributed by atoms with van der Waals surface area (Å²) in [6.07, 6.45) is 3.14. The van der Waals surface area contributed by atoms with E-state index in [1.165, 1.54) is 0 Å². The molecule has 0 aromatic heterocycles. The van der Waals surface area contributed by atoms with Crippen LogP contribution in [0.15, 0.2) is 0 Å². The van der Waals surface area contributed by atoms with E-state index >= 15 is 0 Å². The molecular formula is C9H19N3O2S. The fraction of sp³-hybridized carbons (Fsp3) is 0.889. The molecule has 0 aromatic rings. The Morgan fingerprint density at radius 2 is 2.20 bits per heavy atom. The van der Waals surface area contributed by atoms with Crippen molar-refractivity contribution >= 4 is 15.9 Å². The molecule has 1 saturated carbocycles. The van der Waals surface area contributed by atoms with Crippen LogP contribution in [-0.4, -0.2) is 26.0 Å². The number of nitrogens with two attached hydrogens (primary N) is 1. The summed E-state index contributed by atoms with van der Waals surface area (Å²) in [4.78, 5) is 0. The van der Waals surface area contributed by atoms with Gasteiger partial charge in [-0.25, -0.2) is 13.1 Å². The summed E-state index contributed by atoms with van der Waals surface area (Å²) in [5.74, 6) is 0.127. The van der Waals surface area contributed by atoms with Crippen LogP contribution < -0.4 is 10.5 Å². The molecule has 6 heteroatoms. The minimum Gasteiger partial charge on any atom is -0.387 e. The van der Waals surface area contributed by atoms with E-state index in [0.29, 0.717) is 6.42 Å². The Kier molecular flexibility index (Phi) is 4.10. The highest BCUT2D eigenvalue weighted by molar-refractivity contribution is 7.89. The monoisotopic (exact) mass is 233 g/mol. The lowest BCUT2D eigenvalue weighted by Crippen LogP contribution is -2.42. The summed E-state index contributed by atoms with van der Waals surface area (Å²) < 4.78 is 25.7. The van der Waals surface area contributed by atoms with Crippen molar-refractivity contribution < 1.29 is 8.42 Å². The van der Waals surface area contributed by atoms with Gasteiger partial charge in [0.1, 0.15) is 0 Å². The van der Waals surface area contributed by atoms with E-state index in [1.54, 1.807) is 0 Å². The van der Waals surface area contributed by atoms with Crippen molar-refractivity contribution in [2.75, 3.05) is 5.75 Å². The van der Waals surface area contributed by atoms with Crippen LogP contribution in [-0.2, 0) is 10.0 Å². The van der Waals surface area contributed by atoms with Gasteiger partial charge in [-0.3, -0.25) is 5.41 Å². The van der Waals surface area contributed by atoms with E-state index in [0.717, 1.165) is 19.3 Å². The molecule has 5 nitrogen and oxygen atoms in total. The molecule has 0 amide bonds. The Morgan fingerprint density at radius 1 is 1.53 bits per heavy atom. The van der Waals surface area contributed by atoms with Gasteiger partial charge in [-0.1, -0.05) is 13.3 Å². The van der Waals surface area contributed by atoms with Crippen LogP contribution in [0.4, 0.5) is 0 Å². The quantitative estimate of drug-likeness (QED) is 0.474. The third-order valence-electron chi connectivity index (χ3n) is 2.72. The maximum Gasteiger partial charge on any atom is 0.211 e. The second kappa shape index (κ2) is 4.94. The molecule has 0 aromatic carbocycles. The molecule has 1 aliphatic carbocycles. The van der Waals surface area contributed by atoms with Gasteiger partial charge >= 0.3 is 0 Å². The normalized spacial score (nSPS) is 26.7. The first kappa shape index (κ1) is 12.4. The molecule has 0 spiro atoms. The second-order valence-electron chi connectivity index (χ2n) is 4.04. The van der Waals surface area contributed by atoms with Gasteiger partial charge in [-0.2, -0.15) is 0 Å². The van der Waals surface area contributed by atoms with Crippen LogP contribution in [0.2, 0.25) is 0 Å². The number of rotatable bonds is 5. The zero-order chi connectivity index (χ0) is 11.5. The minimum absolute atomic E-state index is 0.0942. The zero-order valence-electron chi connectivity index (χ0n) is 8.99. The molecule has 1 rings (SSSR count). The van der Waals surface area contributed by atoms with E-state index in [-0.39, 0.29) is 23.5 Å². The van der Waals surface area contributed by atoms with Crippen molar-refractivity contribution in [1.29, 1.82) is 5.41 Å². The Balaban J connectivity index is 2.61. The minimum atomic E-state index is -3.18. The topological polar surface area (TPSA) is 96.0 Å². The summed E-state index contributed by atoms with van der Waals surface area (Å²) in [7, 11) is -3.18. The molecule has 0 bridgehead atoms. The first-order chi connectivity index (χ1) is 6.96.